The van der Waals surface area contributed by atoms with Gasteiger partial charge in [0.15, 0.2) is 0 Å². The smallest absolute Gasteiger partial charge is 0.262 e. The van der Waals surface area contributed by atoms with Gasteiger partial charge in [-0.1, -0.05) is 12.2 Å². The van der Waals surface area contributed by atoms with Crippen LogP contribution in [-0.4, -0.2) is 43.4 Å². The van der Waals surface area contributed by atoms with E-state index in [-0.39, 0.29) is 17.5 Å². The lowest BCUT2D eigenvalue weighted by atomic mass is 10.1. The maximum absolute atomic E-state index is 11.9. The Hall–Kier alpha value is -2.16. The highest BCUT2D eigenvalue weighted by atomic mass is 16.3. The van der Waals surface area contributed by atoms with E-state index in [9.17, 15) is 15.0 Å². The Labute approximate surface area is 113 Å². The molecule has 3 atom stereocenters. The second kappa shape index (κ2) is 4.75. The molecule has 0 unspecified atom stereocenters. The number of aliphatic hydroxyl groups excluding tert-OH is 2. The van der Waals surface area contributed by atoms with Crippen LogP contribution in [0, 0.1) is 0 Å². The summed E-state index contributed by atoms with van der Waals surface area (Å²) in [7, 11) is 0. The Kier molecular flexibility index (Phi) is 3.05. The van der Waals surface area contributed by atoms with E-state index in [0.717, 1.165) is 5.56 Å². The fourth-order valence-corrected chi connectivity index (χ4v) is 2.35. The third-order valence-electron chi connectivity index (χ3n) is 3.40. The molecule has 0 bridgehead atoms. The van der Waals surface area contributed by atoms with Crippen molar-refractivity contribution in [3.63, 3.8) is 0 Å². The lowest BCUT2D eigenvalue weighted by Gasteiger charge is -2.17. The van der Waals surface area contributed by atoms with Gasteiger partial charge in [-0.05, 0) is 5.56 Å². The molecule has 0 saturated heterocycles. The lowest BCUT2D eigenvalue weighted by Crippen LogP contribution is -2.40. The van der Waals surface area contributed by atoms with Gasteiger partial charge in [-0.15, -0.1) is 0 Å². The molecule has 1 aliphatic carbocycles. The number of anilines is 1. The predicted octanol–water partition coefficient (Wildman–Crippen LogP) is -1.42. The Morgan fingerprint density at radius 1 is 1.40 bits per heavy atom. The van der Waals surface area contributed by atoms with Gasteiger partial charge in [-0.2, -0.15) is 4.98 Å². The first-order valence-corrected chi connectivity index (χ1v) is 6.20. The van der Waals surface area contributed by atoms with Crippen LogP contribution in [0.2, 0.25) is 0 Å². The minimum absolute atomic E-state index is 0.0566. The highest BCUT2D eigenvalue weighted by Gasteiger charge is 2.27. The van der Waals surface area contributed by atoms with Crippen LogP contribution >= 0.6 is 0 Å². The third kappa shape index (κ3) is 2.09. The molecular weight excluding hydrogens is 262 g/mol. The van der Waals surface area contributed by atoms with Gasteiger partial charge in [-0.25, -0.2) is 0 Å². The Balaban J connectivity index is 1.82. The number of nitrogen functional groups attached to an aromatic ring is 1. The predicted molar refractivity (Wildman–Crippen MR) is 72.9 cm³/mol. The third-order valence-corrected chi connectivity index (χ3v) is 3.40. The maximum atomic E-state index is 11.9. The van der Waals surface area contributed by atoms with Gasteiger partial charge in [0.05, 0.1) is 17.5 Å². The lowest BCUT2D eigenvalue weighted by molar-refractivity contribution is 0.0441. The van der Waals surface area contributed by atoms with Gasteiger partial charge >= 0.3 is 0 Å². The number of H-pyrrole nitrogens is 2. The first kappa shape index (κ1) is 12.9. The van der Waals surface area contributed by atoms with Crippen LogP contribution in [0.25, 0.3) is 11.0 Å². The summed E-state index contributed by atoms with van der Waals surface area (Å²) in [5.74, 6) is 0.0566. The fourth-order valence-electron chi connectivity index (χ4n) is 2.35. The number of aliphatic hydroxyl groups is 2. The van der Waals surface area contributed by atoms with Crippen LogP contribution in [0.5, 0.6) is 0 Å². The van der Waals surface area contributed by atoms with Gasteiger partial charge in [0, 0.05) is 12.7 Å². The first-order valence-electron chi connectivity index (χ1n) is 6.20. The van der Waals surface area contributed by atoms with E-state index in [1.54, 1.807) is 12.3 Å². The zero-order valence-electron chi connectivity index (χ0n) is 10.5. The summed E-state index contributed by atoms with van der Waals surface area (Å²) in [5.41, 5.74) is 6.30. The zero-order chi connectivity index (χ0) is 14.3. The summed E-state index contributed by atoms with van der Waals surface area (Å²) in [6.45, 7) is 0.355. The average Bonchev–Trinajstić information content (AvgIpc) is 2.93. The van der Waals surface area contributed by atoms with Crippen molar-refractivity contribution in [2.45, 2.75) is 24.8 Å². The van der Waals surface area contributed by atoms with Crippen molar-refractivity contribution in [2.24, 2.45) is 0 Å². The van der Waals surface area contributed by atoms with Crippen LogP contribution in [0.15, 0.2) is 23.1 Å². The minimum atomic E-state index is -0.882. The van der Waals surface area contributed by atoms with Gasteiger partial charge < -0.3 is 26.2 Å². The summed E-state index contributed by atoms with van der Waals surface area (Å²) in [6.07, 6.45) is 3.16. The normalized spacial score (nSPS) is 25.6. The fraction of sp³-hybridized carbons (Fsp3) is 0.333. The molecule has 0 radical (unpaired) electrons. The van der Waals surface area contributed by atoms with E-state index in [0.29, 0.717) is 17.6 Å². The average molecular weight is 277 g/mol. The van der Waals surface area contributed by atoms with Crippen molar-refractivity contribution in [3.8, 4) is 0 Å². The Bertz CT molecular complexity index is 719. The maximum Gasteiger partial charge on any atom is 0.262 e. The molecule has 2 aromatic rings. The van der Waals surface area contributed by atoms with Crippen LogP contribution in [-0.2, 0) is 6.54 Å². The van der Waals surface area contributed by atoms with Crippen molar-refractivity contribution in [2.75, 3.05) is 5.73 Å². The van der Waals surface area contributed by atoms with Crippen molar-refractivity contribution in [1.29, 1.82) is 0 Å². The van der Waals surface area contributed by atoms with Crippen LogP contribution in [0.3, 0.4) is 0 Å². The van der Waals surface area contributed by atoms with Crippen LogP contribution < -0.4 is 16.6 Å². The van der Waals surface area contributed by atoms with E-state index < -0.39 is 12.2 Å². The SMILES string of the molecule is Nc1nc2[nH]cc(CN[C@@H]3C=C[C@@H](O)[C@H]3O)c2c(=O)[nH]1. The number of nitrogens with zero attached hydrogens (tertiary/aromatic N) is 1. The highest BCUT2D eigenvalue weighted by molar-refractivity contribution is 5.79. The Morgan fingerprint density at radius 2 is 2.20 bits per heavy atom. The number of rotatable bonds is 3. The molecule has 20 heavy (non-hydrogen) atoms. The number of aromatic amines is 2. The van der Waals surface area contributed by atoms with E-state index in [1.165, 1.54) is 6.08 Å². The van der Waals surface area contributed by atoms with Gasteiger partial charge in [0.1, 0.15) is 11.8 Å². The Morgan fingerprint density at radius 3 is 2.90 bits per heavy atom. The molecular formula is C12H15N5O3. The minimum Gasteiger partial charge on any atom is -0.388 e. The molecule has 7 N–H and O–H groups in total. The van der Waals surface area contributed by atoms with Crippen molar-refractivity contribution < 1.29 is 10.2 Å². The second-order valence-corrected chi connectivity index (χ2v) is 4.76. The second-order valence-electron chi connectivity index (χ2n) is 4.76. The standard InChI is InChI=1S/C12H15N5O3/c13-12-16-10-8(11(20)17-12)5(4-15-10)3-14-6-1-2-7(18)9(6)19/h1-2,4,6-7,9,14,18-19H,3H2,(H4,13,15,16,17,20)/t6-,7-,9+/m1/s1. The summed E-state index contributed by atoms with van der Waals surface area (Å²) < 4.78 is 0. The zero-order valence-corrected chi connectivity index (χ0v) is 10.5. The largest absolute Gasteiger partial charge is 0.388 e. The van der Waals surface area contributed by atoms with E-state index >= 15 is 0 Å². The topological polar surface area (TPSA) is 140 Å². The molecule has 0 aliphatic heterocycles. The number of fused-ring (bicyclic) bond motifs is 1. The summed E-state index contributed by atoms with van der Waals surface area (Å²) in [4.78, 5) is 21.2. The van der Waals surface area contributed by atoms with Gasteiger partial charge in [0.2, 0.25) is 5.95 Å². The van der Waals surface area contributed by atoms with E-state index in [4.69, 9.17) is 5.73 Å². The summed E-state index contributed by atoms with van der Waals surface area (Å²) >= 11 is 0. The molecule has 0 saturated carbocycles. The molecule has 0 aromatic carbocycles. The monoisotopic (exact) mass is 277 g/mol. The number of nitrogens with two attached hydrogens (primary N) is 1. The van der Waals surface area contributed by atoms with Crippen molar-refractivity contribution in [1.82, 2.24) is 20.3 Å². The molecule has 0 amide bonds. The number of nitrogens with one attached hydrogen (secondary N) is 3. The summed E-state index contributed by atoms with van der Waals surface area (Å²) in [6, 6.07) is -0.351. The van der Waals surface area contributed by atoms with Crippen LogP contribution in [0.4, 0.5) is 5.95 Å². The van der Waals surface area contributed by atoms with E-state index in [2.05, 4.69) is 20.3 Å². The number of aromatic nitrogens is 3. The molecule has 1 aliphatic rings. The quantitative estimate of drug-likeness (QED) is 0.381. The molecule has 3 rings (SSSR count). The molecule has 0 fully saturated rings. The molecule has 2 aromatic heterocycles. The van der Waals surface area contributed by atoms with E-state index in [1.807, 2.05) is 0 Å². The number of hydrogen-bond acceptors (Lipinski definition) is 6. The first-order chi connectivity index (χ1) is 9.56. The van der Waals surface area contributed by atoms with Gasteiger partial charge in [0.25, 0.3) is 5.56 Å². The molecule has 0 spiro atoms. The highest BCUT2D eigenvalue weighted by Crippen LogP contribution is 2.15. The number of hydrogen-bond donors (Lipinski definition) is 6. The molecule has 8 heteroatoms. The summed E-state index contributed by atoms with van der Waals surface area (Å²) in [5, 5.41) is 22.6. The van der Waals surface area contributed by atoms with Crippen LogP contribution in [0.1, 0.15) is 5.56 Å². The van der Waals surface area contributed by atoms with Crippen molar-refractivity contribution in [3.05, 3.63) is 34.3 Å². The van der Waals surface area contributed by atoms with Crippen molar-refractivity contribution >= 4 is 17.0 Å². The molecule has 8 nitrogen and oxygen atoms in total. The van der Waals surface area contributed by atoms with Gasteiger partial charge in [-0.3, -0.25) is 9.78 Å². The molecule has 2 heterocycles. The molecule has 106 valence electrons.